The zero-order chi connectivity index (χ0) is 17.4. The van der Waals surface area contributed by atoms with Crippen LogP contribution in [-0.4, -0.2) is 31.7 Å². The fraction of sp³-hybridized carbons (Fsp3) is 0.615. The Bertz CT molecular complexity index is 697. The lowest BCUT2D eigenvalue weighted by Crippen LogP contribution is -2.41. The van der Waals surface area contributed by atoms with Gasteiger partial charge >= 0.3 is 12.1 Å². The van der Waals surface area contributed by atoms with Crippen molar-refractivity contribution in [3.05, 3.63) is 16.5 Å². The minimum atomic E-state index is -4.33. The number of hydrogen-bond acceptors (Lipinski definition) is 4. The van der Waals surface area contributed by atoms with Gasteiger partial charge in [-0.25, -0.2) is 17.9 Å². The van der Waals surface area contributed by atoms with Gasteiger partial charge in [0.25, 0.3) is 0 Å². The third-order valence-electron chi connectivity index (χ3n) is 3.81. The van der Waals surface area contributed by atoms with Gasteiger partial charge in [0.2, 0.25) is 10.0 Å². The molecule has 0 bridgehead atoms. The summed E-state index contributed by atoms with van der Waals surface area (Å²) >= 11 is 0.597. The summed E-state index contributed by atoms with van der Waals surface area (Å²) in [4.78, 5) is 10.9. The van der Waals surface area contributed by atoms with Crippen molar-refractivity contribution in [1.29, 1.82) is 0 Å². The smallest absolute Gasteiger partial charge is 0.391 e. The van der Waals surface area contributed by atoms with Gasteiger partial charge in [-0.05, 0) is 37.8 Å². The van der Waals surface area contributed by atoms with Crippen LogP contribution in [0.5, 0.6) is 0 Å². The fourth-order valence-corrected chi connectivity index (χ4v) is 5.35. The van der Waals surface area contributed by atoms with Crippen LogP contribution in [0, 0.1) is 12.8 Å². The molecule has 2 atom stereocenters. The second-order valence-corrected chi connectivity index (χ2v) is 8.60. The van der Waals surface area contributed by atoms with Gasteiger partial charge in [-0.15, -0.1) is 11.3 Å². The lowest BCUT2D eigenvalue weighted by Gasteiger charge is -2.30. The number of hydrogen-bond donors (Lipinski definition) is 2. The summed E-state index contributed by atoms with van der Waals surface area (Å²) in [5.41, 5.74) is 0.305. The number of thiophene rings is 1. The second kappa shape index (κ2) is 6.40. The van der Waals surface area contributed by atoms with E-state index in [0.717, 1.165) is 0 Å². The van der Waals surface area contributed by atoms with E-state index in [1.165, 1.54) is 13.0 Å². The molecule has 1 aliphatic carbocycles. The largest absolute Gasteiger partial charge is 0.477 e. The Balaban J connectivity index is 2.15. The molecule has 2 rings (SSSR count). The van der Waals surface area contributed by atoms with Crippen LogP contribution in [0.2, 0.25) is 0 Å². The molecule has 2 N–H and O–H groups in total. The van der Waals surface area contributed by atoms with Crippen LogP contribution in [0.1, 0.15) is 40.9 Å². The highest BCUT2D eigenvalue weighted by molar-refractivity contribution is 7.91. The van der Waals surface area contributed by atoms with E-state index in [2.05, 4.69) is 4.72 Å². The lowest BCUT2D eigenvalue weighted by atomic mass is 9.86. The fourth-order valence-electron chi connectivity index (χ4n) is 2.67. The molecule has 0 saturated heterocycles. The molecule has 5 nitrogen and oxygen atoms in total. The minimum Gasteiger partial charge on any atom is -0.477 e. The Morgan fingerprint density at radius 2 is 2.04 bits per heavy atom. The Morgan fingerprint density at radius 1 is 1.39 bits per heavy atom. The highest BCUT2D eigenvalue weighted by Gasteiger charge is 2.43. The molecule has 1 fully saturated rings. The molecule has 0 radical (unpaired) electrons. The van der Waals surface area contributed by atoms with Gasteiger partial charge in [0.15, 0.2) is 0 Å². The Hall–Kier alpha value is -1.13. The molecular formula is C13H16F3NO4S2. The molecule has 10 heteroatoms. The molecule has 23 heavy (non-hydrogen) atoms. The van der Waals surface area contributed by atoms with E-state index in [4.69, 9.17) is 5.11 Å². The number of aryl methyl sites for hydroxylation is 1. The van der Waals surface area contributed by atoms with E-state index in [1.54, 1.807) is 0 Å². The molecule has 130 valence electrons. The van der Waals surface area contributed by atoms with Crippen LogP contribution < -0.4 is 4.72 Å². The zero-order valence-electron chi connectivity index (χ0n) is 12.2. The molecule has 1 saturated carbocycles. The van der Waals surface area contributed by atoms with Crippen LogP contribution in [0.15, 0.2) is 10.3 Å². The van der Waals surface area contributed by atoms with Crippen molar-refractivity contribution in [2.45, 2.75) is 49.0 Å². The zero-order valence-corrected chi connectivity index (χ0v) is 13.8. The average molecular weight is 371 g/mol. The normalized spacial score (nSPS) is 23.0. The number of halogens is 3. The number of carbonyl (C=O) groups is 1. The van der Waals surface area contributed by atoms with Crippen molar-refractivity contribution in [2.75, 3.05) is 0 Å². The molecule has 1 heterocycles. The van der Waals surface area contributed by atoms with Crippen molar-refractivity contribution in [1.82, 2.24) is 4.72 Å². The number of aromatic carboxylic acids is 1. The van der Waals surface area contributed by atoms with Crippen molar-refractivity contribution >= 4 is 27.3 Å². The number of carboxylic acid groups (broad SMARTS) is 1. The maximum Gasteiger partial charge on any atom is 0.391 e. The first kappa shape index (κ1) is 18.2. The monoisotopic (exact) mass is 371 g/mol. The topological polar surface area (TPSA) is 83.5 Å². The summed E-state index contributed by atoms with van der Waals surface area (Å²) in [6.07, 6.45) is -3.99. The predicted molar refractivity (Wildman–Crippen MR) is 78.1 cm³/mol. The van der Waals surface area contributed by atoms with Gasteiger partial charge in [0, 0.05) is 6.04 Å². The first-order chi connectivity index (χ1) is 10.5. The number of sulfonamides is 1. The van der Waals surface area contributed by atoms with Gasteiger partial charge in [-0.3, -0.25) is 0 Å². The van der Waals surface area contributed by atoms with Crippen LogP contribution >= 0.6 is 11.3 Å². The third kappa shape index (κ3) is 4.24. The quantitative estimate of drug-likeness (QED) is 0.852. The van der Waals surface area contributed by atoms with E-state index in [-0.39, 0.29) is 21.9 Å². The van der Waals surface area contributed by atoms with E-state index in [0.29, 0.717) is 29.7 Å². The Kier molecular flexibility index (Phi) is 5.07. The number of nitrogens with one attached hydrogen (secondary N) is 1. The summed E-state index contributed by atoms with van der Waals surface area (Å²) in [6.45, 7) is 1.47. The van der Waals surface area contributed by atoms with Crippen molar-refractivity contribution < 1.29 is 31.5 Å². The van der Waals surface area contributed by atoms with Crippen molar-refractivity contribution in [3.8, 4) is 0 Å². The first-order valence-corrected chi connectivity index (χ1v) is 9.23. The molecule has 0 aromatic carbocycles. The summed E-state index contributed by atoms with van der Waals surface area (Å²) in [5, 5.41) is 8.96. The van der Waals surface area contributed by atoms with Gasteiger partial charge < -0.3 is 5.11 Å². The molecule has 0 aliphatic heterocycles. The number of rotatable bonds is 4. The molecular weight excluding hydrogens is 355 g/mol. The first-order valence-electron chi connectivity index (χ1n) is 6.93. The highest BCUT2D eigenvalue weighted by Crippen LogP contribution is 2.38. The van der Waals surface area contributed by atoms with Crippen molar-refractivity contribution in [3.63, 3.8) is 0 Å². The average Bonchev–Trinajstić information content (AvgIpc) is 2.80. The second-order valence-electron chi connectivity index (χ2n) is 5.61. The number of alkyl halides is 3. The standard InChI is InChI=1S/C13H16F3NO4S2/c1-7-5-10(22-11(7)12(18)19)23(20,21)17-9-4-2-3-8(6-9)13(14,15)16/h5,8-9,17H,2-4,6H2,1H3,(H,18,19). The van der Waals surface area contributed by atoms with E-state index >= 15 is 0 Å². The van der Waals surface area contributed by atoms with Crippen LogP contribution in [0.4, 0.5) is 13.2 Å². The summed E-state index contributed by atoms with van der Waals surface area (Å²) in [5.74, 6) is -2.74. The van der Waals surface area contributed by atoms with Gasteiger partial charge in [0.05, 0.1) is 5.92 Å². The van der Waals surface area contributed by atoms with Gasteiger partial charge in [-0.1, -0.05) is 6.42 Å². The maximum atomic E-state index is 12.8. The number of carboxylic acids is 1. The molecule has 1 aromatic heterocycles. The predicted octanol–water partition coefficient (Wildman–Crippen LogP) is 3.15. The van der Waals surface area contributed by atoms with E-state index in [1.807, 2.05) is 0 Å². The SMILES string of the molecule is Cc1cc(S(=O)(=O)NC2CCCC(C(F)(F)F)C2)sc1C(=O)O. The van der Waals surface area contributed by atoms with Crippen molar-refractivity contribution in [2.24, 2.45) is 5.92 Å². The van der Waals surface area contributed by atoms with Gasteiger partial charge in [0.1, 0.15) is 9.09 Å². The maximum absolute atomic E-state index is 12.8. The lowest BCUT2D eigenvalue weighted by molar-refractivity contribution is -0.183. The van der Waals surface area contributed by atoms with Crippen LogP contribution in [-0.2, 0) is 10.0 Å². The third-order valence-corrected chi connectivity index (χ3v) is 7.03. The molecule has 0 amide bonds. The molecule has 1 aromatic rings. The Morgan fingerprint density at radius 3 is 2.57 bits per heavy atom. The van der Waals surface area contributed by atoms with Gasteiger partial charge in [-0.2, -0.15) is 13.2 Å². The summed E-state index contributed by atoms with van der Waals surface area (Å²) in [7, 11) is -4.03. The van der Waals surface area contributed by atoms with E-state index < -0.39 is 34.1 Å². The van der Waals surface area contributed by atoms with E-state index in [9.17, 15) is 26.4 Å². The minimum absolute atomic E-state index is 0.00298. The molecule has 1 aliphatic rings. The van der Waals surface area contributed by atoms with Crippen LogP contribution in [0.3, 0.4) is 0 Å². The summed E-state index contributed by atoms with van der Waals surface area (Å²) in [6, 6.07) is 0.427. The van der Waals surface area contributed by atoms with Crippen LogP contribution in [0.25, 0.3) is 0 Å². The molecule has 2 unspecified atom stereocenters. The Labute approximate surface area is 135 Å². The molecule has 0 spiro atoms. The summed E-state index contributed by atoms with van der Waals surface area (Å²) < 4.78 is 65.0. The highest BCUT2D eigenvalue weighted by atomic mass is 32.2.